The summed E-state index contributed by atoms with van der Waals surface area (Å²) in [6.45, 7) is 5.04. The van der Waals surface area contributed by atoms with Crippen LogP contribution in [0.3, 0.4) is 0 Å². The minimum Gasteiger partial charge on any atom is -0.452 e. The maximum atomic E-state index is 11.8. The lowest BCUT2D eigenvalue weighted by Crippen LogP contribution is -2.35. The third-order valence-corrected chi connectivity index (χ3v) is 2.90. The average Bonchev–Trinajstić information content (AvgIpc) is 2.45. The van der Waals surface area contributed by atoms with Crippen LogP contribution < -0.4 is 10.6 Å². The Bertz CT molecular complexity index is 525. The summed E-state index contributed by atoms with van der Waals surface area (Å²) < 4.78 is 4.95. The van der Waals surface area contributed by atoms with Gasteiger partial charge in [-0.25, -0.2) is 4.79 Å². The second-order valence-electron chi connectivity index (χ2n) is 5.09. The van der Waals surface area contributed by atoms with E-state index in [0.717, 1.165) is 12.8 Å². The summed E-state index contributed by atoms with van der Waals surface area (Å²) in [5.74, 6) is -1.08. The Kier molecular flexibility index (Phi) is 7.08. The molecule has 0 heterocycles. The largest absolute Gasteiger partial charge is 0.452 e. The second-order valence-corrected chi connectivity index (χ2v) is 5.09. The molecule has 0 saturated carbocycles. The SMILES string of the molecule is CCC[C@@H](C)NC(=O)COC(=O)c1ccc(NC(C)=O)cc1. The van der Waals surface area contributed by atoms with Gasteiger partial charge in [0.1, 0.15) is 0 Å². The summed E-state index contributed by atoms with van der Waals surface area (Å²) in [6.07, 6.45) is 1.85. The lowest BCUT2D eigenvalue weighted by Gasteiger charge is -2.12. The Balaban J connectivity index is 2.45. The zero-order chi connectivity index (χ0) is 16.5. The highest BCUT2D eigenvalue weighted by molar-refractivity contribution is 5.93. The lowest BCUT2D eigenvalue weighted by atomic mass is 10.2. The number of carbonyl (C=O) groups excluding carboxylic acids is 3. The van der Waals surface area contributed by atoms with Crippen LogP contribution in [0.5, 0.6) is 0 Å². The first-order valence-corrected chi connectivity index (χ1v) is 7.26. The molecule has 2 amide bonds. The van der Waals surface area contributed by atoms with E-state index in [1.54, 1.807) is 12.1 Å². The van der Waals surface area contributed by atoms with Crippen molar-refractivity contribution < 1.29 is 19.1 Å². The number of hydrogen-bond donors (Lipinski definition) is 2. The fourth-order valence-corrected chi connectivity index (χ4v) is 1.93. The van der Waals surface area contributed by atoms with Crippen LogP contribution in [-0.4, -0.2) is 30.4 Å². The van der Waals surface area contributed by atoms with Crippen LogP contribution in [0, 0.1) is 0 Å². The monoisotopic (exact) mass is 306 g/mol. The minimum atomic E-state index is -0.576. The predicted octanol–water partition coefficient (Wildman–Crippen LogP) is 2.11. The molecule has 0 aromatic heterocycles. The quantitative estimate of drug-likeness (QED) is 0.756. The molecule has 6 nitrogen and oxygen atoms in total. The molecule has 0 fully saturated rings. The van der Waals surface area contributed by atoms with Gasteiger partial charge in [0.05, 0.1) is 5.56 Å². The van der Waals surface area contributed by atoms with E-state index in [9.17, 15) is 14.4 Å². The number of amides is 2. The van der Waals surface area contributed by atoms with Crippen LogP contribution in [0.25, 0.3) is 0 Å². The van der Waals surface area contributed by atoms with E-state index in [0.29, 0.717) is 11.3 Å². The standard InChI is InChI=1S/C16H22N2O4/c1-4-5-11(2)17-15(20)10-22-16(21)13-6-8-14(9-7-13)18-12(3)19/h6-9,11H,4-5,10H2,1-3H3,(H,17,20)(H,18,19)/t11-/m1/s1. The highest BCUT2D eigenvalue weighted by atomic mass is 16.5. The normalized spacial score (nSPS) is 11.4. The fourth-order valence-electron chi connectivity index (χ4n) is 1.93. The van der Waals surface area contributed by atoms with E-state index >= 15 is 0 Å². The summed E-state index contributed by atoms with van der Waals surface area (Å²) in [5, 5.41) is 5.35. The number of rotatable bonds is 7. The van der Waals surface area contributed by atoms with Crippen molar-refractivity contribution in [3.8, 4) is 0 Å². The first kappa shape index (κ1) is 17.7. The van der Waals surface area contributed by atoms with Crippen molar-refractivity contribution in [2.24, 2.45) is 0 Å². The van der Waals surface area contributed by atoms with Gasteiger partial charge in [-0.1, -0.05) is 13.3 Å². The Morgan fingerprint density at radius 2 is 1.82 bits per heavy atom. The van der Waals surface area contributed by atoms with Gasteiger partial charge >= 0.3 is 5.97 Å². The summed E-state index contributed by atoms with van der Waals surface area (Å²) in [4.78, 5) is 34.3. The molecule has 0 spiro atoms. The van der Waals surface area contributed by atoms with E-state index in [2.05, 4.69) is 10.6 Å². The molecule has 2 N–H and O–H groups in total. The number of hydrogen-bond acceptors (Lipinski definition) is 4. The maximum Gasteiger partial charge on any atom is 0.338 e. The number of carbonyl (C=O) groups is 3. The first-order chi connectivity index (χ1) is 10.4. The van der Waals surface area contributed by atoms with Gasteiger partial charge in [-0.3, -0.25) is 9.59 Å². The van der Waals surface area contributed by atoms with Crippen LogP contribution in [0.4, 0.5) is 5.69 Å². The Labute approximate surface area is 130 Å². The average molecular weight is 306 g/mol. The molecule has 1 rings (SSSR count). The molecule has 120 valence electrons. The van der Waals surface area contributed by atoms with Gasteiger partial charge in [-0.2, -0.15) is 0 Å². The summed E-state index contributed by atoms with van der Waals surface area (Å²) in [7, 11) is 0. The minimum absolute atomic E-state index is 0.0631. The molecule has 0 unspecified atom stereocenters. The molecular formula is C16H22N2O4. The Hall–Kier alpha value is -2.37. The zero-order valence-corrected chi connectivity index (χ0v) is 13.1. The smallest absolute Gasteiger partial charge is 0.338 e. The van der Waals surface area contributed by atoms with Gasteiger partial charge in [0.15, 0.2) is 6.61 Å². The maximum absolute atomic E-state index is 11.8. The number of ether oxygens (including phenoxy) is 1. The third kappa shape index (κ3) is 6.39. The van der Waals surface area contributed by atoms with Gasteiger partial charge < -0.3 is 15.4 Å². The van der Waals surface area contributed by atoms with Gasteiger partial charge in [-0.05, 0) is 37.6 Å². The lowest BCUT2D eigenvalue weighted by molar-refractivity contribution is -0.124. The molecule has 1 aromatic rings. The third-order valence-electron chi connectivity index (χ3n) is 2.90. The van der Waals surface area contributed by atoms with Crippen LogP contribution in [0.15, 0.2) is 24.3 Å². The summed E-state index contributed by atoms with van der Waals surface area (Å²) in [5.41, 5.74) is 0.915. The molecule has 1 aromatic carbocycles. The van der Waals surface area contributed by atoms with Crippen molar-refractivity contribution in [1.29, 1.82) is 0 Å². The van der Waals surface area contributed by atoms with E-state index in [1.807, 2.05) is 13.8 Å². The van der Waals surface area contributed by atoms with Crippen molar-refractivity contribution in [2.75, 3.05) is 11.9 Å². The van der Waals surface area contributed by atoms with E-state index in [-0.39, 0.29) is 24.5 Å². The van der Waals surface area contributed by atoms with Crippen molar-refractivity contribution >= 4 is 23.5 Å². The van der Waals surface area contributed by atoms with Crippen LogP contribution in [-0.2, 0) is 14.3 Å². The van der Waals surface area contributed by atoms with E-state index in [4.69, 9.17) is 4.74 Å². The molecule has 1 atom stereocenters. The topological polar surface area (TPSA) is 84.5 Å². The fraction of sp³-hybridized carbons (Fsp3) is 0.438. The van der Waals surface area contributed by atoms with Crippen molar-refractivity contribution in [3.05, 3.63) is 29.8 Å². The van der Waals surface area contributed by atoms with Gasteiger partial charge in [-0.15, -0.1) is 0 Å². The van der Waals surface area contributed by atoms with Crippen LogP contribution in [0.1, 0.15) is 44.0 Å². The Morgan fingerprint density at radius 1 is 1.18 bits per heavy atom. The molecular weight excluding hydrogens is 284 g/mol. The molecule has 0 radical (unpaired) electrons. The zero-order valence-electron chi connectivity index (χ0n) is 13.1. The summed E-state index contributed by atoms with van der Waals surface area (Å²) in [6, 6.07) is 6.33. The van der Waals surface area contributed by atoms with Gasteiger partial charge in [0.25, 0.3) is 5.91 Å². The van der Waals surface area contributed by atoms with E-state index < -0.39 is 5.97 Å². The van der Waals surface area contributed by atoms with Gasteiger partial charge in [0.2, 0.25) is 5.91 Å². The van der Waals surface area contributed by atoms with Gasteiger partial charge in [0, 0.05) is 18.7 Å². The number of anilines is 1. The highest BCUT2D eigenvalue weighted by Gasteiger charge is 2.11. The molecule has 0 bridgehead atoms. The molecule has 0 aliphatic rings. The van der Waals surface area contributed by atoms with Crippen molar-refractivity contribution in [1.82, 2.24) is 5.32 Å². The van der Waals surface area contributed by atoms with Crippen molar-refractivity contribution in [2.45, 2.75) is 39.7 Å². The molecule has 22 heavy (non-hydrogen) atoms. The van der Waals surface area contributed by atoms with Crippen LogP contribution in [0.2, 0.25) is 0 Å². The summed E-state index contributed by atoms with van der Waals surface area (Å²) >= 11 is 0. The molecule has 0 aliphatic carbocycles. The second kappa shape index (κ2) is 8.81. The number of benzene rings is 1. The molecule has 6 heteroatoms. The van der Waals surface area contributed by atoms with Crippen molar-refractivity contribution in [3.63, 3.8) is 0 Å². The number of esters is 1. The molecule has 0 aliphatic heterocycles. The van der Waals surface area contributed by atoms with Crippen LogP contribution >= 0.6 is 0 Å². The first-order valence-electron chi connectivity index (χ1n) is 7.26. The molecule has 0 saturated heterocycles. The Morgan fingerprint density at radius 3 is 2.36 bits per heavy atom. The predicted molar refractivity (Wildman–Crippen MR) is 83.5 cm³/mol. The number of nitrogens with one attached hydrogen (secondary N) is 2. The highest BCUT2D eigenvalue weighted by Crippen LogP contribution is 2.10. The van der Waals surface area contributed by atoms with E-state index in [1.165, 1.54) is 19.1 Å².